The van der Waals surface area contributed by atoms with Gasteiger partial charge in [0.15, 0.2) is 0 Å². The van der Waals surface area contributed by atoms with Crippen molar-refractivity contribution in [3.8, 4) is 0 Å². The Labute approximate surface area is 229 Å². The minimum absolute atomic E-state index is 0.125. The van der Waals surface area contributed by atoms with Crippen molar-refractivity contribution in [1.29, 1.82) is 0 Å². The first-order valence-electron chi connectivity index (χ1n) is 12.1. The van der Waals surface area contributed by atoms with Gasteiger partial charge in [0.05, 0.1) is 11.4 Å². The summed E-state index contributed by atoms with van der Waals surface area (Å²) in [5.41, 5.74) is 4.96. The molecule has 7 nitrogen and oxygen atoms in total. The Morgan fingerprint density at radius 2 is 1.38 bits per heavy atom. The number of fused-ring (bicyclic) bond motifs is 3. The average molecular weight is 621 g/mol. The molecule has 1 aliphatic rings. The van der Waals surface area contributed by atoms with Gasteiger partial charge >= 0.3 is 0 Å². The topological polar surface area (TPSA) is 72.0 Å². The van der Waals surface area contributed by atoms with Crippen LogP contribution in [-0.2, 0) is 19.5 Å². The highest BCUT2D eigenvalue weighted by molar-refractivity contribution is 9.10. The molecule has 0 unspecified atom stereocenters. The molecule has 6 rings (SSSR count). The monoisotopic (exact) mass is 619 g/mol. The highest BCUT2D eigenvalue weighted by atomic mass is 79.9. The Kier molecular flexibility index (Phi) is 6.52. The average Bonchev–Trinajstić information content (AvgIpc) is 2.89. The zero-order valence-electron chi connectivity index (χ0n) is 19.8. The lowest BCUT2D eigenvalue weighted by Crippen LogP contribution is -2.32. The quantitative estimate of drug-likeness (QED) is 0.266. The molecule has 0 radical (unpaired) electrons. The molecule has 0 spiro atoms. The van der Waals surface area contributed by atoms with Crippen molar-refractivity contribution in [3.05, 3.63) is 125 Å². The normalized spacial score (nSPS) is 15.4. The molecular weight excluding hydrogens is 598 g/mol. The fraction of sp³-hybridized carbons (Fsp3) is 0.214. The second kappa shape index (κ2) is 9.96. The number of pyridine rings is 2. The summed E-state index contributed by atoms with van der Waals surface area (Å²) >= 11 is 6.85. The Hall–Kier alpha value is -3.14. The fourth-order valence-electron chi connectivity index (χ4n) is 5.21. The van der Waals surface area contributed by atoms with Crippen LogP contribution in [-0.4, -0.2) is 23.7 Å². The van der Waals surface area contributed by atoms with Gasteiger partial charge in [0, 0.05) is 52.6 Å². The molecule has 0 N–H and O–H groups in total. The van der Waals surface area contributed by atoms with Gasteiger partial charge in [0.25, 0.3) is 11.1 Å². The van der Waals surface area contributed by atoms with Crippen molar-refractivity contribution in [2.45, 2.75) is 38.4 Å². The highest BCUT2D eigenvalue weighted by Crippen LogP contribution is 2.35. The van der Waals surface area contributed by atoms with Crippen molar-refractivity contribution in [2.24, 2.45) is 0 Å². The molecule has 9 heteroatoms. The van der Waals surface area contributed by atoms with Crippen molar-refractivity contribution < 1.29 is 0 Å². The molecule has 186 valence electrons. The van der Waals surface area contributed by atoms with E-state index in [-0.39, 0.29) is 17.2 Å². The highest BCUT2D eigenvalue weighted by Gasteiger charge is 2.27. The first-order valence-corrected chi connectivity index (χ1v) is 13.7. The molecular formula is C28H23Br2N5O2. The van der Waals surface area contributed by atoms with Crippen molar-refractivity contribution in [3.63, 3.8) is 0 Å². The maximum Gasteiger partial charge on any atom is 0.258 e. The third kappa shape index (κ3) is 4.91. The molecule has 4 heterocycles. The van der Waals surface area contributed by atoms with Gasteiger partial charge in [-0.1, -0.05) is 24.3 Å². The molecule has 1 aliphatic carbocycles. The number of halogens is 2. The van der Waals surface area contributed by atoms with Gasteiger partial charge in [-0.25, -0.2) is 9.97 Å². The number of hydrogen-bond acceptors (Lipinski definition) is 5. The van der Waals surface area contributed by atoms with E-state index in [1.807, 2.05) is 24.3 Å². The molecule has 0 saturated heterocycles. The second-order valence-electron chi connectivity index (χ2n) is 9.33. The van der Waals surface area contributed by atoms with Gasteiger partial charge in [-0.15, -0.1) is 0 Å². The Morgan fingerprint density at radius 3 is 1.97 bits per heavy atom. The van der Waals surface area contributed by atoms with Gasteiger partial charge < -0.3 is 0 Å². The lowest BCUT2D eigenvalue weighted by atomic mass is 9.86. The van der Waals surface area contributed by atoms with E-state index < -0.39 is 0 Å². The fourth-order valence-corrected chi connectivity index (χ4v) is 5.89. The first kappa shape index (κ1) is 24.2. The molecule has 0 amide bonds. The summed E-state index contributed by atoms with van der Waals surface area (Å²) in [6, 6.07) is 19.3. The maximum atomic E-state index is 12.9. The number of aryl methyl sites for hydroxylation is 1. The van der Waals surface area contributed by atoms with E-state index in [0.29, 0.717) is 35.8 Å². The number of hydrogen-bond donors (Lipinski definition) is 0. The summed E-state index contributed by atoms with van der Waals surface area (Å²) < 4.78 is 4.71. The van der Waals surface area contributed by atoms with Crippen LogP contribution in [0.4, 0.5) is 0 Å². The molecule has 0 saturated carbocycles. The third-order valence-electron chi connectivity index (χ3n) is 6.86. The van der Waals surface area contributed by atoms with Crippen LogP contribution in [0.2, 0.25) is 0 Å². The van der Waals surface area contributed by atoms with Gasteiger partial charge in [-0.3, -0.25) is 23.3 Å². The van der Waals surface area contributed by atoms with E-state index in [4.69, 9.17) is 9.97 Å². The predicted octanol–water partition coefficient (Wildman–Crippen LogP) is 5.31. The number of aromatic nitrogens is 4. The van der Waals surface area contributed by atoms with Crippen LogP contribution in [0.25, 0.3) is 11.3 Å². The summed E-state index contributed by atoms with van der Waals surface area (Å²) in [6.07, 6.45) is 6.57. The standard InChI is InChI=1S/C28H23Br2N5O2/c29-19-8-10-25-31-21(12-27(36)34(25)14-19)16-33(24-7-3-5-18-4-1-2-6-23(18)24)17-22-13-28(37)35-15-20(30)9-11-26(35)32-22/h1-2,4,6,8-15,24H,3,5,7,16-17H2/t24-/m0/s1. The number of rotatable bonds is 5. The Balaban J connectivity index is 1.42. The molecule has 0 bridgehead atoms. The van der Waals surface area contributed by atoms with Gasteiger partial charge in [-0.2, -0.15) is 0 Å². The van der Waals surface area contributed by atoms with E-state index in [2.05, 4.69) is 61.0 Å². The third-order valence-corrected chi connectivity index (χ3v) is 7.80. The molecule has 0 fully saturated rings. The molecule has 1 atom stereocenters. The summed E-state index contributed by atoms with van der Waals surface area (Å²) in [4.78, 5) is 37.7. The van der Waals surface area contributed by atoms with Crippen molar-refractivity contribution in [2.75, 3.05) is 0 Å². The van der Waals surface area contributed by atoms with Crippen LogP contribution in [0.5, 0.6) is 0 Å². The summed E-state index contributed by atoms with van der Waals surface area (Å²) in [7, 11) is 0. The van der Waals surface area contributed by atoms with Crippen LogP contribution in [0, 0.1) is 0 Å². The summed E-state index contributed by atoms with van der Waals surface area (Å²) in [5.74, 6) is 0. The van der Waals surface area contributed by atoms with E-state index >= 15 is 0 Å². The smallest absolute Gasteiger partial charge is 0.258 e. The largest absolute Gasteiger partial charge is 0.285 e. The molecule has 37 heavy (non-hydrogen) atoms. The van der Waals surface area contributed by atoms with Crippen LogP contribution in [0.3, 0.4) is 0 Å². The van der Waals surface area contributed by atoms with Crippen LogP contribution in [0.1, 0.15) is 41.4 Å². The van der Waals surface area contributed by atoms with Gasteiger partial charge in [0.2, 0.25) is 0 Å². The van der Waals surface area contributed by atoms with Crippen LogP contribution >= 0.6 is 31.9 Å². The number of nitrogens with zero attached hydrogens (tertiary/aromatic N) is 5. The zero-order valence-corrected chi connectivity index (χ0v) is 23.0. The minimum atomic E-state index is -0.127. The molecule has 0 aliphatic heterocycles. The molecule has 1 aromatic carbocycles. The summed E-state index contributed by atoms with van der Waals surface area (Å²) in [6.45, 7) is 0.921. The number of benzene rings is 1. The SMILES string of the molecule is O=c1cc(CN(Cc2cc(=O)n3cc(Br)ccc3n2)[C@H]2CCCc3ccccc32)nc2ccc(Br)cn12. The van der Waals surface area contributed by atoms with Crippen molar-refractivity contribution >= 4 is 43.2 Å². The van der Waals surface area contributed by atoms with E-state index in [1.165, 1.54) is 19.9 Å². The zero-order chi connectivity index (χ0) is 25.5. The molecule has 4 aromatic heterocycles. The van der Waals surface area contributed by atoms with E-state index in [9.17, 15) is 9.59 Å². The van der Waals surface area contributed by atoms with E-state index in [1.54, 1.807) is 24.5 Å². The van der Waals surface area contributed by atoms with Crippen molar-refractivity contribution in [1.82, 2.24) is 23.7 Å². The first-order chi connectivity index (χ1) is 17.9. The maximum absolute atomic E-state index is 12.9. The predicted molar refractivity (Wildman–Crippen MR) is 150 cm³/mol. The van der Waals surface area contributed by atoms with Gasteiger partial charge in [0.1, 0.15) is 11.3 Å². The Morgan fingerprint density at radius 1 is 0.811 bits per heavy atom. The minimum Gasteiger partial charge on any atom is -0.285 e. The summed E-state index contributed by atoms with van der Waals surface area (Å²) in [5, 5.41) is 0. The van der Waals surface area contributed by atoms with Crippen LogP contribution in [0.15, 0.2) is 91.6 Å². The van der Waals surface area contributed by atoms with Gasteiger partial charge in [-0.05, 0) is 86.5 Å². The Bertz CT molecular complexity index is 1660. The molecule has 5 aromatic rings. The van der Waals surface area contributed by atoms with Crippen LogP contribution < -0.4 is 11.1 Å². The van der Waals surface area contributed by atoms with E-state index in [0.717, 1.165) is 28.2 Å². The second-order valence-corrected chi connectivity index (χ2v) is 11.2. The lowest BCUT2D eigenvalue weighted by Gasteiger charge is -2.35. The lowest BCUT2D eigenvalue weighted by molar-refractivity contribution is 0.157.